The highest BCUT2D eigenvalue weighted by atomic mass is 28.3. The highest BCUT2D eigenvalue weighted by Crippen LogP contribution is 2.51. The molecule has 3 aliphatic rings. The molecule has 1 amide bonds. The molecule has 2 aliphatic heterocycles. The van der Waals surface area contributed by atoms with Crippen LogP contribution in [0.5, 0.6) is 0 Å². The van der Waals surface area contributed by atoms with Gasteiger partial charge in [0.05, 0.1) is 18.5 Å². The van der Waals surface area contributed by atoms with E-state index in [1.165, 1.54) is 5.56 Å². The Hall–Kier alpha value is -1.69. The Balaban J connectivity index is 1.62. The lowest BCUT2D eigenvalue weighted by atomic mass is 10.00. The fourth-order valence-corrected chi connectivity index (χ4v) is 7.05. The first-order chi connectivity index (χ1) is 11.7. The quantitative estimate of drug-likeness (QED) is 0.773. The maximum Gasteiger partial charge on any atom is 0.220 e. The van der Waals surface area contributed by atoms with Crippen molar-refractivity contribution in [1.82, 2.24) is 9.57 Å². The molecule has 134 valence electrons. The minimum atomic E-state index is -1.90. The van der Waals surface area contributed by atoms with Gasteiger partial charge in [-0.15, -0.1) is 0 Å². The second-order valence-electron chi connectivity index (χ2n) is 9.20. The summed E-state index contributed by atoms with van der Waals surface area (Å²) in [5.41, 5.74) is 1.25. The maximum atomic E-state index is 13.1. The molecule has 2 fully saturated rings. The fourth-order valence-electron chi connectivity index (χ4n) is 4.52. The predicted octanol–water partition coefficient (Wildman–Crippen LogP) is 3.84. The summed E-state index contributed by atoms with van der Waals surface area (Å²) in [6.07, 6.45) is 0.949. The average Bonchev–Trinajstić information content (AvgIpc) is 3.18. The van der Waals surface area contributed by atoms with Crippen molar-refractivity contribution in [2.75, 3.05) is 0 Å². The van der Waals surface area contributed by atoms with Crippen LogP contribution in [0, 0.1) is 5.92 Å². The van der Waals surface area contributed by atoms with Crippen LogP contribution in [0.2, 0.25) is 18.1 Å². The molecule has 5 nitrogen and oxygen atoms in total. The molecule has 1 saturated heterocycles. The van der Waals surface area contributed by atoms with Crippen molar-refractivity contribution in [3.63, 3.8) is 0 Å². The number of carbonyl (C=O) groups excluding carboxylic acids is 1. The van der Waals surface area contributed by atoms with E-state index in [0.717, 1.165) is 13.0 Å². The van der Waals surface area contributed by atoms with Crippen molar-refractivity contribution in [3.8, 4) is 0 Å². The molecule has 0 spiro atoms. The highest BCUT2D eigenvalue weighted by Gasteiger charge is 2.65. The van der Waals surface area contributed by atoms with Gasteiger partial charge in [-0.1, -0.05) is 69.4 Å². The van der Waals surface area contributed by atoms with Crippen molar-refractivity contribution < 1.29 is 4.79 Å². The molecule has 1 aliphatic carbocycles. The molecule has 0 unspecified atom stereocenters. The van der Waals surface area contributed by atoms with Crippen LogP contribution in [0.15, 0.2) is 40.7 Å². The van der Waals surface area contributed by atoms with E-state index < -0.39 is 8.24 Å². The van der Waals surface area contributed by atoms with Crippen LogP contribution in [-0.2, 0) is 11.3 Å². The lowest BCUT2D eigenvalue weighted by Gasteiger charge is -2.50. The smallest absolute Gasteiger partial charge is 0.220 e. The van der Waals surface area contributed by atoms with Gasteiger partial charge in [-0.25, -0.2) is 0 Å². The molecular weight excluding hydrogens is 328 g/mol. The van der Waals surface area contributed by atoms with Crippen molar-refractivity contribution in [3.05, 3.63) is 35.9 Å². The number of carbonyl (C=O) groups is 1. The number of amides is 1. The normalized spacial score (nSPS) is 31.2. The molecule has 2 heterocycles. The number of benzene rings is 1. The second-order valence-corrected chi connectivity index (χ2v) is 14.3. The summed E-state index contributed by atoms with van der Waals surface area (Å²) < 4.78 is 2.30. The van der Waals surface area contributed by atoms with Gasteiger partial charge in [0.1, 0.15) is 6.04 Å². The van der Waals surface area contributed by atoms with Crippen molar-refractivity contribution in [1.29, 1.82) is 0 Å². The minimum absolute atomic E-state index is 0.0358. The van der Waals surface area contributed by atoms with Crippen molar-refractivity contribution >= 4 is 14.1 Å². The Bertz CT molecular complexity index is 712. The van der Waals surface area contributed by atoms with Crippen LogP contribution in [0.3, 0.4) is 0 Å². The number of hydrogen-bond donors (Lipinski definition) is 0. The second kappa shape index (κ2) is 5.40. The zero-order valence-electron chi connectivity index (χ0n) is 15.8. The third kappa shape index (κ3) is 2.37. The predicted molar refractivity (Wildman–Crippen MR) is 100 cm³/mol. The van der Waals surface area contributed by atoms with E-state index in [-0.39, 0.29) is 29.1 Å². The molecular formula is C19H28N4OSi. The molecule has 6 heteroatoms. The van der Waals surface area contributed by atoms with E-state index in [4.69, 9.17) is 0 Å². The first-order valence-corrected chi connectivity index (χ1v) is 12.2. The van der Waals surface area contributed by atoms with Crippen molar-refractivity contribution in [2.24, 2.45) is 16.3 Å². The van der Waals surface area contributed by atoms with Crippen LogP contribution >= 0.6 is 0 Å². The lowest BCUT2D eigenvalue weighted by molar-refractivity contribution is -0.131. The molecule has 4 rings (SSSR count). The number of nitrogens with zero attached hydrogens (tertiary/aromatic N) is 4. The van der Waals surface area contributed by atoms with Crippen LogP contribution in [0.4, 0.5) is 0 Å². The number of hydrogen-bond acceptors (Lipinski definition) is 4. The van der Waals surface area contributed by atoms with E-state index in [1.807, 2.05) is 6.07 Å². The first kappa shape index (κ1) is 16.8. The SMILES string of the molecule is CC(C)(C)[Si](C)(C)N1C(=O)[C@@H]2C[C@H]1[C@@H]1[C@H]2N=NN1Cc1ccccc1. The third-order valence-corrected chi connectivity index (χ3v) is 12.2. The van der Waals surface area contributed by atoms with Crippen LogP contribution in [-0.4, -0.2) is 41.8 Å². The largest absolute Gasteiger partial charge is 0.364 e. The summed E-state index contributed by atoms with van der Waals surface area (Å²) in [6, 6.07) is 11.0. The van der Waals surface area contributed by atoms with Gasteiger partial charge in [0, 0.05) is 6.04 Å². The van der Waals surface area contributed by atoms with E-state index in [2.05, 4.69) is 78.0 Å². The Morgan fingerprint density at radius 2 is 1.88 bits per heavy atom. The van der Waals surface area contributed by atoms with Gasteiger partial charge < -0.3 is 4.57 Å². The van der Waals surface area contributed by atoms with Crippen LogP contribution in [0.1, 0.15) is 32.8 Å². The van der Waals surface area contributed by atoms with Gasteiger partial charge in [0.15, 0.2) is 8.24 Å². The molecule has 2 bridgehead atoms. The summed E-state index contributed by atoms with van der Waals surface area (Å²) in [4.78, 5) is 13.1. The molecule has 4 atom stereocenters. The average molecular weight is 357 g/mol. The molecule has 0 aromatic heterocycles. The Kier molecular flexibility index (Phi) is 3.62. The molecule has 0 radical (unpaired) electrons. The Labute approximate surface area is 151 Å². The van der Waals surface area contributed by atoms with E-state index in [0.29, 0.717) is 5.91 Å². The summed E-state index contributed by atoms with van der Waals surface area (Å²) in [6.45, 7) is 12.3. The number of fused-ring (bicyclic) bond motifs is 5. The zero-order chi connectivity index (χ0) is 18.0. The summed E-state index contributed by atoms with van der Waals surface area (Å²) in [5.74, 6) is 0.368. The standard InChI is InChI=1S/C19H28N4OSi/c1-19(2,3)25(4,5)23-15-11-14(18(23)24)16-17(15)22(21-20-16)12-13-9-7-6-8-10-13/h6-10,14-17H,11-12H2,1-5H3/t14-,15+,16+,17-/m1/s1. The van der Waals surface area contributed by atoms with E-state index in [1.54, 1.807) is 0 Å². The highest BCUT2D eigenvalue weighted by molar-refractivity contribution is 6.79. The van der Waals surface area contributed by atoms with Gasteiger partial charge in [0.25, 0.3) is 0 Å². The van der Waals surface area contributed by atoms with Crippen LogP contribution in [0.25, 0.3) is 0 Å². The van der Waals surface area contributed by atoms with E-state index >= 15 is 0 Å². The molecule has 0 N–H and O–H groups in total. The minimum Gasteiger partial charge on any atom is -0.364 e. The summed E-state index contributed by atoms with van der Waals surface area (Å²) in [5, 5.41) is 11.3. The van der Waals surface area contributed by atoms with E-state index in [9.17, 15) is 4.79 Å². The van der Waals surface area contributed by atoms with Crippen LogP contribution < -0.4 is 0 Å². The number of rotatable bonds is 3. The zero-order valence-corrected chi connectivity index (χ0v) is 16.8. The lowest BCUT2D eigenvalue weighted by Crippen LogP contribution is -2.65. The molecule has 1 saturated carbocycles. The Morgan fingerprint density at radius 3 is 2.52 bits per heavy atom. The van der Waals surface area contributed by atoms with Gasteiger partial charge in [-0.3, -0.25) is 9.80 Å². The van der Waals surface area contributed by atoms with Crippen molar-refractivity contribution in [2.45, 2.75) is 70.0 Å². The summed E-state index contributed by atoms with van der Waals surface area (Å²) >= 11 is 0. The first-order valence-electron chi connectivity index (χ1n) is 9.26. The van der Waals surface area contributed by atoms with Gasteiger partial charge in [0.2, 0.25) is 5.91 Å². The van der Waals surface area contributed by atoms with Gasteiger partial charge >= 0.3 is 0 Å². The Morgan fingerprint density at radius 1 is 1.20 bits per heavy atom. The molecule has 1 aromatic carbocycles. The fraction of sp³-hybridized carbons (Fsp3) is 0.632. The number of piperidine rings is 1. The molecule has 25 heavy (non-hydrogen) atoms. The summed E-state index contributed by atoms with van der Waals surface area (Å²) in [7, 11) is -1.90. The topological polar surface area (TPSA) is 48.3 Å². The maximum absolute atomic E-state index is 13.1. The molecule has 1 aromatic rings. The third-order valence-electron chi connectivity index (χ3n) is 6.81. The monoisotopic (exact) mass is 356 g/mol. The van der Waals surface area contributed by atoms with Gasteiger partial charge in [-0.05, 0) is 17.0 Å². The van der Waals surface area contributed by atoms with Gasteiger partial charge in [-0.2, -0.15) is 5.11 Å².